The third-order valence-corrected chi connectivity index (χ3v) is 7.69. The van der Waals surface area contributed by atoms with Crippen molar-refractivity contribution in [2.75, 3.05) is 6.61 Å². The van der Waals surface area contributed by atoms with Gasteiger partial charge in [-0.15, -0.1) is 11.3 Å². The van der Waals surface area contributed by atoms with Gasteiger partial charge in [-0.05, 0) is 67.7 Å². The Morgan fingerprint density at radius 1 is 0.811 bits per heavy atom. The summed E-state index contributed by atoms with van der Waals surface area (Å²) < 4.78 is 12.9. The number of hydrogen-bond acceptors (Lipinski definition) is 4. The highest BCUT2D eigenvalue weighted by Gasteiger charge is 2.18. The largest absolute Gasteiger partial charge is 0.488 e. The minimum atomic E-state index is -1.02. The second-order valence-corrected chi connectivity index (χ2v) is 10.6. The van der Waals surface area contributed by atoms with Crippen molar-refractivity contribution >= 4 is 44.0 Å². The molecule has 1 aromatic heterocycles. The van der Waals surface area contributed by atoms with Gasteiger partial charge in [0.25, 0.3) is 0 Å². The number of thiophene rings is 1. The number of rotatable bonds is 10. The van der Waals surface area contributed by atoms with Crippen LogP contribution in [0.15, 0.2) is 101 Å². The molecule has 0 atom stereocenters. The van der Waals surface area contributed by atoms with Crippen LogP contribution in [0.4, 0.5) is 0 Å². The number of aliphatic carboxylic acids is 1. The summed E-state index contributed by atoms with van der Waals surface area (Å²) in [6, 6.07) is 30.8. The highest BCUT2D eigenvalue weighted by molar-refractivity contribution is 9.10. The van der Waals surface area contributed by atoms with Crippen molar-refractivity contribution < 1.29 is 19.4 Å². The first-order valence-electron chi connectivity index (χ1n) is 11.9. The average Bonchev–Trinajstić information content (AvgIpc) is 3.42. The van der Waals surface area contributed by atoms with Gasteiger partial charge in [0.15, 0.2) is 6.61 Å². The minimum Gasteiger partial charge on any atom is -0.488 e. The summed E-state index contributed by atoms with van der Waals surface area (Å²) in [7, 11) is 0. The Hall–Kier alpha value is -3.61. The summed E-state index contributed by atoms with van der Waals surface area (Å²) in [6.45, 7) is 0.0662. The van der Waals surface area contributed by atoms with Gasteiger partial charge in [0.2, 0.25) is 0 Å². The lowest BCUT2D eigenvalue weighted by Gasteiger charge is -2.18. The molecule has 0 unspecified atom stereocenters. The van der Waals surface area contributed by atoms with Crippen molar-refractivity contribution in [3.8, 4) is 11.5 Å². The molecule has 0 fully saturated rings. The van der Waals surface area contributed by atoms with Gasteiger partial charge in [-0.2, -0.15) is 0 Å². The van der Waals surface area contributed by atoms with E-state index in [-0.39, 0.29) is 0 Å². The molecular weight excluding hydrogens is 548 g/mol. The third kappa shape index (κ3) is 6.21. The zero-order valence-electron chi connectivity index (χ0n) is 20.0. The summed E-state index contributed by atoms with van der Waals surface area (Å²) in [6.07, 6.45) is 1.36. The quantitative estimate of drug-likeness (QED) is 0.185. The zero-order valence-corrected chi connectivity index (χ0v) is 22.4. The predicted octanol–water partition coefficient (Wildman–Crippen LogP) is 7.89. The molecular formula is C31H25BrO4S. The van der Waals surface area contributed by atoms with Crippen LogP contribution in [0.3, 0.4) is 0 Å². The number of carboxylic acids is 1. The van der Waals surface area contributed by atoms with E-state index >= 15 is 0 Å². The minimum absolute atomic E-state index is 0.417. The van der Waals surface area contributed by atoms with Crippen molar-refractivity contribution in [2.45, 2.75) is 19.4 Å². The van der Waals surface area contributed by atoms with Crippen LogP contribution in [0.25, 0.3) is 10.8 Å². The fourth-order valence-electron chi connectivity index (χ4n) is 4.34. The lowest BCUT2D eigenvalue weighted by Crippen LogP contribution is -2.11. The molecule has 5 rings (SSSR count). The molecule has 0 amide bonds. The third-order valence-electron chi connectivity index (χ3n) is 6.05. The summed E-state index contributed by atoms with van der Waals surface area (Å²) >= 11 is 5.40. The highest BCUT2D eigenvalue weighted by atomic mass is 79.9. The Morgan fingerprint density at radius 2 is 1.46 bits per heavy atom. The number of hydrogen-bond donors (Lipinski definition) is 1. The number of carboxylic acid groups (broad SMARTS) is 1. The summed E-state index contributed by atoms with van der Waals surface area (Å²) in [5.41, 5.74) is 4.33. The molecule has 0 bridgehead atoms. The molecule has 6 heteroatoms. The highest BCUT2D eigenvalue weighted by Crippen LogP contribution is 2.41. The molecule has 1 heterocycles. The monoisotopic (exact) mass is 572 g/mol. The molecule has 0 spiro atoms. The molecule has 4 aromatic carbocycles. The van der Waals surface area contributed by atoms with E-state index in [1.54, 1.807) is 11.3 Å². The van der Waals surface area contributed by atoms with Crippen LogP contribution < -0.4 is 9.47 Å². The van der Waals surface area contributed by atoms with E-state index in [1.165, 1.54) is 5.56 Å². The van der Waals surface area contributed by atoms with Gasteiger partial charge in [0.1, 0.15) is 18.1 Å². The van der Waals surface area contributed by atoms with Crippen LogP contribution in [-0.4, -0.2) is 17.7 Å². The number of ether oxygens (including phenoxy) is 2. The topological polar surface area (TPSA) is 55.8 Å². The molecule has 0 aliphatic rings. The Kier molecular flexibility index (Phi) is 7.87. The molecule has 4 nitrogen and oxygen atoms in total. The Balaban J connectivity index is 1.61. The molecule has 37 heavy (non-hydrogen) atoms. The van der Waals surface area contributed by atoms with Gasteiger partial charge in [0, 0.05) is 28.7 Å². The number of fused-ring (bicyclic) bond motifs is 1. The van der Waals surface area contributed by atoms with Gasteiger partial charge in [-0.1, -0.05) is 66.7 Å². The smallest absolute Gasteiger partial charge is 0.341 e. The van der Waals surface area contributed by atoms with Gasteiger partial charge in [0.05, 0.1) is 4.47 Å². The molecule has 1 N–H and O–H groups in total. The normalized spacial score (nSPS) is 10.9. The molecule has 0 aliphatic carbocycles. The Morgan fingerprint density at radius 3 is 2.08 bits per heavy atom. The van der Waals surface area contributed by atoms with Gasteiger partial charge in [-0.3, -0.25) is 0 Å². The maximum Gasteiger partial charge on any atom is 0.341 e. The van der Waals surface area contributed by atoms with Crippen LogP contribution in [0.5, 0.6) is 11.5 Å². The molecule has 186 valence electrons. The summed E-state index contributed by atoms with van der Waals surface area (Å²) in [5.74, 6) is 0.319. The first kappa shape index (κ1) is 25.1. The van der Waals surface area contributed by atoms with E-state index in [2.05, 4.69) is 58.4 Å². The molecule has 5 aromatic rings. The van der Waals surface area contributed by atoms with E-state index in [0.717, 1.165) is 49.0 Å². The molecule has 0 saturated heterocycles. The second-order valence-electron chi connectivity index (χ2n) is 8.74. The maximum atomic E-state index is 11.3. The van der Waals surface area contributed by atoms with Gasteiger partial charge in [-0.25, -0.2) is 4.79 Å². The lowest BCUT2D eigenvalue weighted by atomic mass is 9.96. The molecule has 0 saturated carbocycles. The predicted molar refractivity (Wildman–Crippen MR) is 152 cm³/mol. The van der Waals surface area contributed by atoms with E-state index < -0.39 is 12.6 Å². The summed E-state index contributed by atoms with van der Waals surface area (Å²) in [5, 5.41) is 13.3. The van der Waals surface area contributed by atoms with Gasteiger partial charge < -0.3 is 14.6 Å². The van der Waals surface area contributed by atoms with Crippen LogP contribution >= 0.6 is 27.3 Å². The van der Waals surface area contributed by atoms with E-state index in [9.17, 15) is 9.90 Å². The van der Waals surface area contributed by atoms with E-state index in [4.69, 9.17) is 9.47 Å². The second kappa shape index (κ2) is 11.6. The fourth-order valence-corrected chi connectivity index (χ4v) is 5.67. The lowest BCUT2D eigenvalue weighted by molar-refractivity contribution is -0.139. The first-order valence-corrected chi connectivity index (χ1v) is 13.6. The number of carbonyl (C=O) groups is 1. The SMILES string of the molecule is O=C(O)COc1c(Cc2ccccc2)cc2cc(Cc3ccccc3)c(OCc3cccs3)cc2c1Br. The number of halogens is 1. The van der Waals surface area contributed by atoms with Crippen molar-refractivity contribution in [1.82, 2.24) is 0 Å². The maximum absolute atomic E-state index is 11.3. The van der Waals surface area contributed by atoms with Gasteiger partial charge >= 0.3 is 5.97 Å². The Labute approximate surface area is 228 Å². The first-order chi connectivity index (χ1) is 18.1. The standard InChI is InChI=1S/C31H25BrO4S/c32-30-27-18-28(35-19-26-12-7-13-37-26)24(14-21-8-3-1-4-9-21)16-23(27)17-25(31(30)36-20-29(33)34)15-22-10-5-2-6-11-22/h1-13,16-18H,14-15,19-20H2,(H,33,34). The van der Waals surface area contributed by atoms with Crippen LogP contribution in [-0.2, 0) is 24.2 Å². The number of benzene rings is 4. The molecule has 0 radical (unpaired) electrons. The van der Waals surface area contributed by atoms with Crippen LogP contribution in [0, 0.1) is 0 Å². The molecule has 0 aliphatic heterocycles. The zero-order chi connectivity index (χ0) is 25.6. The van der Waals surface area contributed by atoms with E-state index in [0.29, 0.717) is 18.8 Å². The van der Waals surface area contributed by atoms with Crippen molar-refractivity contribution in [1.29, 1.82) is 0 Å². The Bertz CT molecular complexity index is 1500. The van der Waals surface area contributed by atoms with Crippen LogP contribution in [0.2, 0.25) is 0 Å². The summed E-state index contributed by atoms with van der Waals surface area (Å²) in [4.78, 5) is 12.5. The average molecular weight is 574 g/mol. The van der Waals surface area contributed by atoms with Crippen molar-refractivity contribution in [2.24, 2.45) is 0 Å². The van der Waals surface area contributed by atoms with Crippen molar-refractivity contribution in [3.05, 3.63) is 128 Å². The fraction of sp³-hybridized carbons (Fsp3) is 0.129. The van der Waals surface area contributed by atoms with Crippen molar-refractivity contribution in [3.63, 3.8) is 0 Å². The van der Waals surface area contributed by atoms with Crippen LogP contribution in [0.1, 0.15) is 27.1 Å². The van der Waals surface area contributed by atoms with E-state index in [1.807, 2.05) is 53.9 Å².